The minimum atomic E-state index is -0.914. The molecule has 0 spiro atoms. The molecule has 1 aliphatic heterocycles. The van der Waals surface area contributed by atoms with Crippen LogP contribution in [0.25, 0.3) is 0 Å². The second kappa shape index (κ2) is 7.78. The molecule has 0 bridgehead atoms. The Kier molecular flexibility index (Phi) is 6.62. The monoisotopic (exact) mass is 316 g/mol. The molecule has 1 aliphatic rings. The molecule has 0 aromatic carbocycles. The number of ether oxygens (including phenoxy) is 1. The maximum Gasteiger partial charge on any atom is 0.407 e. The molecule has 0 saturated carbocycles. The summed E-state index contributed by atoms with van der Waals surface area (Å²) < 4.78 is 5.23. The maximum absolute atomic E-state index is 11.9. The molecule has 1 heterocycles. The number of aliphatic carboxylic acids is 1. The van der Waals surface area contributed by atoms with Gasteiger partial charge in [-0.3, -0.25) is 9.69 Å². The van der Waals surface area contributed by atoms with Crippen LogP contribution in [0.2, 0.25) is 0 Å². The number of piperidine rings is 1. The number of carboxylic acid groups (broad SMARTS) is 1. The van der Waals surface area contributed by atoms with Crippen molar-refractivity contribution in [3.05, 3.63) is 0 Å². The van der Waals surface area contributed by atoms with Crippen molar-refractivity contribution in [2.45, 2.75) is 58.3 Å². The number of likely N-dealkylation sites (tertiary alicyclic amines) is 1. The number of hydrogen-bond donors (Lipinski definition) is 3. The standard InChI is InChI=1S/C15H28N2O5/c1-5-12(18)10-6-11(8-17(7-10)9-13(19)20)16-14(21)22-15(2,3)4/h10-12,18H,5-9H2,1-4H3,(H,16,21)(H,19,20). The van der Waals surface area contributed by atoms with Gasteiger partial charge < -0.3 is 20.3 Å². The fraction of sp³-hybridized carbons (Fsp3) is 0.867. The third-order valence-electron chi connectivity index (χ3n) is 3.60. The summed E-state index contributed by atoms with van der Waals surface area (Å²) in [5.41, 5.74) is -0.582. The van der Waals surface area contributed by atoms with Crippen molar-refractivity contribution in [1.29, 1.82) is 0 Å². The van der Waals surface area contributed by atoms with E-state index in [0.717, 1.165) is 0 Å². The molecule has 7 nitrogen and oxygen atoms in total. The fourth-order valence-electron chi connectivity index (χ4n) is 2.74. The Morgan fingerprint density at radius 3 is 2.50 bits per heavy atom. The molecule has 0 aromatic rings. The molecular weight excluding hydrogens is 288 g/mol. The Balaban J connectivity index is 2.67. The summed E-state index contributed by atoms with van der Waals surface area (Å²) in [6, 6.07) is -0.228. The van der Waals surface area contributed by atoms with Crippen LogP contribution in [-0.4, -0.2) is 64.6 Å². The lowest BCUT2D eigenvalue weighted by Crippen LogP contribution is -2.54. The number of hydrogen-bond acceptors (Lipinski definition) is 5. The molecule has 128 valence electrons. The van der Waals surface area contributed by atoms with E-state index in [-0.39, 0.29) is 18.5 Å². The molecule has 0 aliphatic carbocycles. The third-order valence-corrected chi connectivity index (χ3v) is 3.60. The predicted molar refractivity (Wildman–Crippen MR) is 81.6 cm³/mol. The van der Waals surface area contributed by atoms with Crippen molar-refractivity contribution >= 4 is 12.1 Å². The van der Waals surface area contributed by atoms with Crippen LogP contribution in [0.4, 0.5) is 4.79 Å². The second-order valence-corrected chi connectivity index (χ2v) is 6.90. The van der Waals surface area contributed by atoms with Gasteiger partial charge in [-0.25, -0.2) is 4.79 Å². The number of aliphatic hydroxyl groups excluding tert-OH is 1. The van der Waals surface area contributed by atoms with Gasteiger partial charge in [0.15, 0.2) is 0 Å². The van der Waals surface area contributed by atoms with E-state index in [1.54, 1.807) is 25.7 Å². The zero-order valence-corrected chi connectivity index (χ0v) is 13.8. The minimum absolute atomic E-state index is 0.0574. The first-order valence-electron chi connectivity index (χ1n) is 7.72. The molecule has 0 aromatic heterocycles. The molecule has 0 radical (unpaired) electrons. The molecule has 1 fully saturated rings. The van der Waals surface area contributed by atoms with Crippen molar-refractivity contribution in [2.75, 3.05) is 19.6 Å². The van der Waals surface area contributed by atoms with Crippen LogP contribution >= 0.6 is 0 Å². The van der Waals surface area contributed by atoms with Crippen LogP contribution < -0.4 is 5.32 Å². The highest BCUT2D eigenvalue weighted by atomic mass is 16.6. The SMILES string of the molecule is CCC(O)C1CC(NC(=O)OC(C)(C)C)CN(CC(=O)O)C1. The fourth-order valence-corrected chi connectivity index (χ4v) is 2.74. The summed E-state index contributed by atoms with van der Waals surface area (Å²) in [7, 11) is 0. The number of alkyl carbamates (subject to hydrolysis) is 1. The van der Waals surface area contributed by atoms with Crippen LogP contribution in [0.15, 0.2) is 0 Å². The summed E-state index contributed by atoms with van der Waals surface area (Å²) in [4.78, 5) is 24.5. The Bertz CT molecular complexity index is 394. The first-order valence-corrected chi connectivity index (χ1v) is 7.72. The molecule has 1 amide bonds. The third kappa shape index (κ3) is 6.62. The summed E-state index contributed by atoms with van der Waals surface area (Å²) in [6.07, 6.45) is 0.202. The quantitative estimate of drug-likeness (QED) is 0.701. The lowest BCUT2D eigenvalue weighted by atomic mass is 9.88. The van der Waals surface area contributed by atoms with E-state index >= 15 is 0 Å². The Morgan fingerprint density at radius 1 is 1.36 bits per heavy atom. The van der Waals surface area contributed by atoms with Gasteiger partial charge in [0.1, 0.15) is 5.60 Å². The van der Waals surface area contributed by atoms with E-state index in [0.29, 0.717) is 25.9 Å². The molecule has 3 unspecified atom stereocenters. The van der Waals surface area contributed by atoms with Crippen LogP contribution in [0.3, 0.4) is 0 Å². The second-order valence-electron chi connectivity index (χ2n) is 6.90. The Labute approximate surface area is 131 Å². The zero-order chi connectivity index (χ0) is 16.9. The van der Waals surface area contributed by atoms with Gasteiger partial charge in [0.25, 0.3) is 0 Å². The van der Waals surface area contributed by atoms with E-state index in [1.165, 1.54) is 0 Å². The number of carbonyl (C=O) groups is 2. The highest BCUT2D eigenvalue weighted by Crippen LogP contribution is 2.22. The normalized spacial score (nSPS) is 24.6. The van der Waals surface area contributed by atoms with Gasteiger partial charge in [0.05, 0.1) is 12.6 Å². The number of aliphatic hydroxyl groups is 1. The largest absolute Gasteiger partial charge is 0.480 e. The number of amides is 1. The average molecular weight is 316 g/mol. The van der Waals surface area contributed by atoms with Crippen LogP contribution in [0.1, 0.15) is 40.5 Å². The highest BCUT2D eigenvalue weighted by molar-refractivity contribution is 5.69. The minimum Gasteiger partial charge on any atom is -0.480 e. The molecule has 3 atom stereocenters. The first-order chi connectivity index (χ1) is 10.1. The number of carboxylic acids is 1. The lowest BCUT2D eigenvalue weighted by molar-refractivity contribution is -0.139. The summed E-state index contributed by atoms with van der Waals surface area (Å²) in [5.74, 6) is -0.972. The van der Waals surface area contributed by atoms with Gasteiger partial charge in [-0.1, -0.05) is 6.92 Å². The number of rotatable bonds is 5. The van der Waals surface area contributed by atoms with E-state index < -0.39 is 23.8 Å². The maximum atomic E-state index is 11.9. The van der Waals surface area contributed by atoms with Crippen molar-refractivity contribution in [3.63, 3.8) is 0 Å². The van der Waals surface area contributed by atoms with Gasteiger partial charge >= 0.3 is 12.1 Å². The molecule has 3 N–H and O–H groups in total. The predicted octanol–water partition coefficient (Wildman–Crippen LogP) is 1.06. The van der Waals surface area contributed by atoms with Gasteiger partial charge in [0.2, 0.25) is 0 Å². The molecule has 7 heteroatoms. The molecule has 1 saturated heterocycles. The van der Waals surface area contributed by atoms with Gasteiger partial charge in [0, 0.05) is 19.1 Å². The van der Waals surface area contributed by atoms with Crippen molar-refractivity contribution in [3.8, 4) is 0 Å². The van der Waals surface area contributed by atoms with Crippen LogP contribution in [-0.2, 0) is 9.53 Å². The summed E-state index contributed by atoms with van der Waals surface area (Å²) in [5, 5.41) is 21.8. The molecule has 22 heavy (non-hydrogen) atoms. The average Bonchev–Trinajstić information content (AvgIpc) is 2.34. The first kappa shape index (κ1) is 18.7. The molecular formula is C15H28N2O5. The van der Waals surface area contributed by atoms with Crippen LogP contribution in [0, 0.1) is 5.92 Å². The lowest BCUT2D eigenvalue weighted by Gasteiger charge is -2.39. The van der Waals surface area contributed by atoms with Gasteiger partial charge in [-0.2, -0.15) is 0 Å². The van der Waals surface area contributed by atoms with E-state index in [2.05, 4.69) is 5.32 Å². The van der Waals surface area contributed by atoms with Crippen LogP contribution in [0.5, 0.6) is 0 Å². The number of nitrogens with zero attached hydrogens (tertiary/aromatic N) is 1. The summed E-state index contributed by atoms with van der Waals surface area (Å²) in [6.45, 7) is 8.11. The van der Waals surface area contributed by atoms with Gasteiger partial charge in [-0.15, -0.1) is 0 Å². The van der Waals surface area contributed by atoms with Crippen molar-refractivity contribution < 1.29 is 24.5 Å². The van der Waals surface area contributed by atoms with Gasteiger partial charge in [-0.05, 0) is 39.5 Å². The summed E-state index contributed by atoms with van der Waals surface area (Å²) >= 11 is 0. The zero-order valence-electron chi connectivity index (χ0n) is 13.8. The Morgan fingerprint density at radius 2 is 2.00 bits per heavy atom. The van der Waals surface area contributed by atoms with Crippen molar-refractivity contribution in [2.24, 2.45) is 5.92 Å². The van der Waals surface area contributed by atoms with E-state index in [9.17, 15) is 14.7 Å². The van der Waals surface area contributed by atoms with E-state index in [1.807, 2.05) is 6.92 Å². The number of carbonyl (C=O) groups excluding carboxylic acids is 1. The topological polar surface area (TPSA) is 99.1 Å². The smallest absolute Gasteiger partial charge is 0.407 e. The van der Waals surface area contributed by atoms with E-state index in [4.69, 9.17) is 9.84 Å². The van der Waals surface area contributed by atoms with Crippen molar-refractivity contribution in [1.82, 2.24) is 10.2 Å². The molecule has 1 rings (SSSR count). The number of nitrogens with one attached hydrogen (secondary N) is 1. The highest BCUT2D eigenvalue weighted by Gasteiger charge is 2.33. The Hall–Kier alpha value is -1.34.